The van der Waals surface area contributed by atoms with Crippen LogP contribution in [0.2, 0.25) is 0 Å². The Hall–Kier alpha value is -1.30. The molecule has 3 aliphatic rings. The minimum Gasteiger partial charge on any atom is -0.459 e. The summed E-state index contributed by atoms with van der Waals surface area (Å²) in [5, 5.41) is 58.1. The van der Waals surface area contributed by atoms with Gasteiger partial charge in [-0.15, -0.1) is 0 Å². The average molecular weight is 748 g/mol. The second kappa shape index (κ2) is 17.7. The Bertz CT molecular complexity index is 1190. The number of ketones is 1. The zero-order valence-corrected chi connectivity index (χ0v) is 33.6. The van der Waals surface area contributed by atoms with Crippen LogP contribution in [-0.4, -0.2) is 148 Å². The molecule has 3 aliphatic heterocycles. The van der Waals surface area contributed by atoms with Gasteiger partial charge in [0.05, 0.1) is 47.6 Å². The molecule has 18 atom stereocenters. The maximum absolute atomic E-state index is 14.1. The number of hydrogen-bond acceptors (Lipinski definition) is 14. The second-order valence-corrected chi connectivity index (χ2v) is 16.6. The van der Waals surface area contributed by atoms with Crippen molar-refractivity contribution in [3.8, 4) is 0 Å². The monoisotopic (exact) mass is 747 g/mol. The van der Waals surface area contributed by atoms with E-state index in [0.29, 0.717) is 6.42 Å². The summed E-state index contributed by atoms with van der Waals surface area (Å²) in [5.74, 6) is -4.95. The number of carbonyl (C=O) groups is 2. The minimum atomic E-state index is -2.00. The van der Waals surface area contributed by atoms with Crippen LogP contribution in [0.3, 0.4) is 0 Å². The number of carbonyl (C=O) groups excluding carboxylic acids is 2. The SMILES string of the molecule is CC[C@H]1OC(=O)[C@H](C)[C@@H](O[C@H]2C[C@@](C)(OC)[C@@H](O)[C@H](C)O2)[C@H](C)[C@@H](O[C@H]2O[C@@H](C)C[C@@H](N(C)C)[C@@H]2O)[C@@](O)(CC)C[C@@H](C)C(=O)[C@H](C)[C@@H](O)[C@]1(C)O. The van der Waals surface area contributed by atoms with Gasteiger partial charge >= 0.3 is 5.97 Å². The third-order valence-corrected chi connectivity index (χ3v) is 12.3. The fourth-order valence-corrected chi connectivity index (χ4v) is 8.57. The predicted molar refractivity (Wildman–Crippen MR) is 191 cm³/mol. The molecule has 3 fully saturated rings. The number of hydrogen-bond donors (Lipinski definition) is 5. The van der Waals surface area contributed by atoms with Gasteiger partial charge < -0.3 is 58.9 Å². The average Bonchev–Trinajstić information content (AvgIpc) is 3.09. The van der Waals surface area contributed by atoms with E-state index in [1.165, 1.54) is 21.0 Å². The van der Waals surface area contributed by atoms with E-state index >= 15 is 0 Å². The smallest absolute Gasteiger partial charge is 0.311 e. The lowest BCUT2D eigenvalue weighted by Gasteiger charge is -2.49. The van der Waals surface area contributed by atoms with Gasteiger partial charge in [-0.3, -0.25) is 9.59 Å². The summed E-state index contributed by atoms with van der Waals surface area (Å²) in [6, 6.07) is -0.324. The van der Waals surface area contributed by atoms with Crippen molar-refractivity contribution in [1.82, 2.24) is 4.90 Å². The van der Waals surface area contributed by atoms with E-state index in [-0.39, 0.29) is 37.8 Å². The first-order valence-corrected chi connectivity index (χ1v) is 19.1. The van der Waals surface area contributed by atoms with Crippen molar-refractivity contribution in [3.63, 3.8) is 0 Å². The molecule has 0 amide bonds. The van der Waals surface area contributed by atoms with E-state index in [2.05, 4.69) is 0 Å². The van der Waals surface area contributed by atoms with Crippen LogP contribution >= 0.6 is 0 Å². The normalized spacial score (nSPS) is 49.0. The molecule has 0 aromatic heterocycles. The van der Waals surface area contributed by atoms with Gasteiger partial charge in [0.1, 0.15) is 29.7 Å². The molecule has 0 saturated carbocycles. The van der Waals surface area contributed by atoms with Crippen molar-refractivity contribution < 1.29 is 63.5 Å². The van der Waals surface area contributed by atoms with Gasteiger partial charge in [0.15, 0.2) is 12.6 Å². The van der Waals surface area contributed by atoms with Crippen molar-refractivity contribution in [2.75, 3.05) is 21.2 Å². The third kappa shape index (κ3) is 9.38. The molecule has 14 heteroatoms. The Kier molecular flexibility index (Phi) is 15.3. The molecule has 0 aliphatic carbocycles. The van der Waals surface area contributed by atoms with E-state index in [9.17, 15) is 35.1 Å². The summed E-state index contributed by atoms with van der Waals surface area (Å²) in [6.45, 7) is 16.7. The van der Waals surface area contributed by atoms with Gasteiger partial charge in [0.25, 0.3) is 0 Å². The molecule has 5 N–H and O–H groups in total. The lowest BCUT2D eigenvalue weighted by atomic mass is 9.72. The summed E-state index contributed by atoms with van der Waals surface area (Å²) < 4.78 is 37.3. The summed E-state index contributed by atoms with van der Waals surface area (Å²) in [6.07, 6.45) is -9.57. The maximum atomic E-state index is 14.1. The van der Waals surface area contributed by atoms with Gasteiger partial charge in [0, 0.05) is 37.3 Å². The Morgan fingerprint density at radius 2 is 1.50 bits per heavy atom. The number of nitrogens with zero attached hydrogens (tertiary/aromatic N) is 1. The van der Waals surface area contributed by atoms with Crippen molar-refractivity contribution >= 4 is 11.8 Å². The summed E-state index contributed by atoms with van der Waals surface area (Å²) >= 11 is 0. The van der Waals surface area contributed by atoms with Crippen molar-refractivity contribution in [2.45, 2.75) is 186 Å². The first-order valence-electron chi connectivity index (χ1n) is 19.1. The number of rotatable bonds is 8. The van der Waals surface area contributed by atoms with E-state index in [4.69, 9.17) is 28.4 Å². The molecule has 0 bridgehead atoms. The standard InChI is InChI=1S/C38H69NO13/c1-14-26-37(10,45)31(42)21(5)28(40)19(3)17-38(46,15-2)33(52-35-29(41)25(39(11)12)16-20(4)48-35)22(6)30(23(7)34(44)50-26)51-27-18-36(9,47-13)32(43)24(8)49-27/h19-27,29-33,35,41-43,45-46H,14-18H2,1-13H3/t19-,20+,21+,22+,23-,24+,25-,26-,27+,29+,30+,31-,32+,33-,35-,36-,37-,38-/m1/s1. The van der Waals surface area contributed by atoms with Crippen LogP contribution in [0.1, 0.15) is 101 Å². The largest absolute Gasteiger partial charge is 0.459 e. The molecule has 3 saturated heterocycles. The predicted octanol–water partition coefficient (Wildman–Crippen LogP) is 2.18. The second-order valence-electron chi connectivity index (χ2n) is 16.6. The number of likely N-dealkylation sites (N-methyl/N-ethyl adjacent to an activating group) is 1. The van der Waals surface area contributed by atoms with Gasteiger partial charge in [-0.25, -0.2) is 0 Å². The Morgan fingerprint density at radius 3 is 2.04 bits per heavy atom. The highest BCUT2D eigenvalue weighted by molar-refractivity contribution is 5.83. The van der Waals surface area contributed by atoms with E-state index < -0.39 is 108 Å². The van der Waals surface area contributed by atoms with Gasteiger partial charge in [-0.05, 0) is 74.4 Å². The molecular formula is C38H69NO13. The highest BCUT2D eigenvalue weighted by Gasteiger charge is 2.54. The Balaban J connectivity index is 2.22. The highest BCUT2D eigenvalue weighted by atomic mass is 16.7. The number of Topliss-reactive ketones (excluding diaryl/α,β-unsaturated/α-hetero) is 1. The highest BCUT2D eigenvalue weighted by Crippen LogP contribution is 2.41. The van der Waals surface area contributed by atoms with Crippen molar-refractivity contribution in [3.05, 3.63) is 0 Å². The van der Waals surface area contributed by atoms with Gasteiger partial charge in [0.2, 0.25) is 0 Å². The number of aliphatic hydroxyl groups is 5. The van der Waals surface area contributed by atoms with E-state index in [1.807, 2.05) is 25.9 Å². The van der Waals surface area contributed by atoms with Gasteiger partial charge in [-0.2, -0.15) is 0 Å². The molecule has 0 aromatic carbocycles. The van der Waals surface area contributed by atoms with Crippen molar-refractivity contribution in [2.24, 2.45) is 23.7 Å². The summed E-state index contributed by atoms with van der Waals surface area (Å²) in [5.41, 5.74) is -4.80. The summed E-state index contributed by atoms with van der Waals surface area (Å²) in [7, 11) is 5.19. The molecule has 0 radical (unpaired) electrons. The van der Waals surface area contributed by atoms with Crippen molar-refractivity contribution in [1.29, 1.82) is 0 Å². The molecule has 14 nitrogen and oxygen atoms in total. The number of cyclic esters (lactones) is 1. The molecule has 52 heavy (non-hydrogen) atoms. The number of ether oxygens (including phenoxy) is 6. The molecule has 0 unspecified atom stereocenters. The van der Waals surface area contributed by atoms with Crippen LogP contribution in [0.5, 0.6) is 0 Å². The number of aliphatic hydroxyl groups excluding tert-OH is 3. The van der Waals surface area contributed by atoms with Crippen LogP contribution in [-0.2, 0) is 38.0 Å². The van der Waals surface area contributed by atoms with Crippen LogP contribution in [0.4, 0.5) is 0 Å². The van der Waals surface area contributed by atoms with Crippen LogP contribution in [0, 0.1) is 23.7 Å². The Labute approximate surface area is 310 Å². The number of methoxy groups -OCH3 is 1. The lowest BCUT2D eigenvalue weighted by molar-refractivity contribution is -0.319. The summed E-state index contributed by atoms with van der Waals surface area (Å²) in [4.78, 5) is 30.0. The molecule has 3 heterocycles. The van der Waals surface area contributed by atoms with Gasteiger partial charge in [-0.1, -0.05) is 34.6 Å². The van der Waals surface area contributed by atoms with E-state index in [1.54, 1.807) is 48.5 Å². The molecular weight excluding hydrogens is 678 g/mol. The molecule has 0 spiro atoms. The topological polar surface area (TPSA) is 194 Å². The van der Waals surface area contributed by atoms with Crippen LogP contribution in [0.15, 0.2) is 0 Å². The third-order valence-electron chi connectivity index (χ3n) is 12.3. The number of esters is 1. The fourth-order valence-electron chi connectivity index (χ4n) is 8.57. The maximum Gasteiger partial charge on any atom is 0.311 e. The van der Waals surface area contributed by atoms with E-state index in [0.717, 1.165) is 0 Å². The lowest BCUT2D eigenvalue weighted by Crippen LogP contribution is -2.61. The zero-order valence-electron chi connectivity index (χ0n) is 33.6. The quantitative estimate of drug-likeness (QED) is 0.227. The Morgan fingerprint density at radius 1 is 0.885 bits per heavy atom. The fraction of sp³-hybridized carbons (Fsp3) is 0.947. The first kappa shape index (κ1) is 45.1. The molecule has 304 valence electrons. The zero-order chi connectivity index (χ0) is 39.7. The minimum absolute atomic E-state index is 0.0952. The molecule has 0 aromatic rings. The first-order chi connectivity index (χ1) is 24.0. The van der Waals surface area contributed by atoms with Crippen LogP contribution < -0.4 is 0 Å². The van der Waals surface area contributed by atoms with Crippen LogP contribution in [0.25, 0.3) is 0 Å². The molecule has 3 rings (SSSR count).